The lowest BCUT2D eigenvalue weighted by atomic mass is 10.2. The molecule has 0 aromatic heterocycles. The zero-order chi connectivity index (χ0) is 18.0. The maximum Gasteiger partial charge on any atom is 0.256 e. The second-order valence-electron chi connectivity index (χ2n) is 5.87. The molecule has 1 aliphatic heterocycles. The van der Waals surface area contributed by atoms with Gasteiger partial charge in [0.05, 0.1) is 32.0 Å². The highest BCUT2D eigenvalue weighted by Gasteiger charge is 2.39. The second-order valence-corrected chi connectivity index (χ2v) is 5.87. The van der Waals surface area contributed by atoms with Gasteiger partial charge in [0.2, 0.25) is 5.91 Å². The molecule has 0 bridgehead atoms. The Hall–Kier alpha value is -3.02. The van der Waals surface area contributed by atoms with Gasteiger partial charge < -0.3 is 14.8 Å². The zero-order valence-electron chi connectivity index (χ0n) is 14.4. The van der Waals surface area contributed by atoms with E-state index >= 15 is 0 Å². The van der Waals surface area contributed by atoms with Gasteiger partial charge in [0, 0.05) is 6.07 Å². The molecule has 25 heavy (non-hydrogen) atoms. The molecule has 2 amide bonds. The van der Waals surface area contributed by atoms with Crippen molar-refractivity contribution in [3.63, 3.8) is 0 Å². The molecule has 0 aliphatic carbocycles. The van der Waals surface area contributed by atoms with Crippen LogP contribution in [-0.2, 0) is 9.59 Å². The Bertz CT molecular complexity index is 819. The van der Waals surface area contributed by atoms with Gasteiger partial charge in [-0.25, -0.2) is 4.90 Å². The standard InChI is InChI=1S/C19H20N2O4/c1-12-5-4-6-13(9-12)21-18(22)11-16(19(21)23)20-15-8-7-14(24-2)10-17(15)25-3/h4-10,16,20H,11H2,1-3H3/t16-/m1/s1. The number of aryl methyl sites for hydroxylation is 1. The molecule has 1 N–H and O–H groups in total. The third-order valence-corrected chi connectivity index (χ3v) is 4.14. The summed E-state index contributed by atoms with van der Waals surface area (Å²) in [4.78, 5) is 26.3. The predicted molar refractivity (Wildman–Crippen MR) is 95.2 cm³/mol. The summed E-state index contributed by atoms with van der Waals surface area (Å²) in [5, 5.41) is 3.11. The Balaban J connectivity index is 1.83. The number of hydrogen-bond donors (Lipinski definition) is 1. The molecule has 130 valence electrons. The normalized spacial score (nSPS) is 16.9. The average Bonchev–Trinajstić information content (AvgIpc) is 2.88. The van der Waals surface area contributed by atoms with Crippen molar-refractivity contribution in [2.45, 2.75) is 19.4 Å². The molecule has 0 saturated carbocycles. The largest absolute Gasteiger partial charge is 0.497 e. The first-order chi connectivity index (χ1) is 12.0. The number of methoxy groups -OCH3 is 2. The second kappa shape index (κ2) is 6.84. The fourth-order valence-corrected chi connectivity index (χ4v) is 2.89. The number of amides is 2. The molecule has 0 unspecified atom stereocenters. The number of rotatable bonds is 5. The number of carbonyl (C=O) groups is 2. The van der Waals surface area contributed by atoms with Crippen LogP contribution in [0.5, 0.6) is 11.5 Å². The third kappa shape index (κ3) is 3.28. The number of anilines is 2. The van der Waals surface area contributed by atoms with Crippen molar-refractivity contribution in [2.75, 3.05) is 24.4 Å². The molecule has 1 fully saturated rings. The molecule has 1 heterocycles. The monoisotopic (exact) mass is 340 g/mol. The lowest BCUT2D eigenvalue weighted by Crippen LogP contribution is -2.34. The van der Waals surface area contributed by atoms with Crippen LogP contribution in [0.4, 0.5) is 11.4 Å². The maximum atomic E-state index is 12.7. The number of nitrogens with one attached hydrogen (secondary N) is 1. The van der Waals surface area contributed by atoms with Crippen molar-refractivity contribution < 1.29 is 19.1 Å². The lowest BCUT2D eigenvalue weighted by Gasteiger charge is -2.18. The van der Waals surface area contributed by atoms with E-state index in [0.717, 1.165) is 5.56 Å². The topological polar surface area (TPSA) is 67.9 Å². The molecule has 3 rings (SSSR count). The summed E-state index contributed by atoms with van der Waals surface area (Å²) in [7, 11) is 3.11. The molecule has 0 radical (unpaired) electrons. The number of imide groups is 1. The summed E-state index contributed by atoms with van der Waals surface area (Å²) < 4.78 is 10.5. The van der Waals surface area contributed by atoms with E-state index in [9.17, 15) is 9.59 Å². The number of hydrogen-bond acceptors (Lipinski definition) is 5. The Morgan fingerprint density at radius 1 is 1.08 bits per heavy atom. The van der Waals surface area contributed by atoms with Crippen molar-refractivity contribution >= 4 is 23.2 Å². The van der Waals surface area contributed by atoms with Gasteiger partial charge >= 0.3 is 0 Å². The molecule has 2 aromatic carbocycles. The van der Waals surface area contributed by atoms with Crippen LogP contribution in [0.3, 0.4) is 0 Å². The van der Waals surface area contributed by atoms with Crippen molar-refractivity contribution in [1.29, 1.82) is 0 Å². The van der Waals surface area contributed by atoms with Crippen LogP contribution in [0.25, 0.3) is 0 Å². The first-order valence-corrected chi connectivity index (χ1v) is 7.95. The first-order valence-electron chi connectivity index (χ1n) is 7.95. The SMILES string of the molecule is COc1ccc(N[C@@H]2CC(=O)N(c3cccc(C)c3)C2=O)c(OC)c1. The summed E-state index contributed by atoms with van der Waals surface area (Å²) in [5.41, 5.74) is 2.23. The number of ether oxygens (including phenoxy) is 2. The molecule has 2 aromatic rings. The Kier molecular flexibility index (Phi) is 4.61. The van der Waals surface area contributed by atoms with E-state index in [1.807, 2.05) is 25.1 Å². The number of nitrogens with zero attached hydrogens (tertiary/aromatic N) is 1. The Morgan fingerprint density at radius 3 is 2.56 bits per heavy atom. The smallest absolute Gasteiger partial charge is 0.256 e. The molecular formula is C19H20N2O4. The van der Waals surface area contributed by atoms with E-state index in [4.69, 9.17) is 9.47 Å². The van der Waals surface area contributed by atoms with E-state index in [1.54, 1.807) is 38.5 Å². The van der Waals surface area contributed by atoms with E-state index in [-0.39, 0.29) is 18.2 Å². The van der Waals surface area contributed by atoms with Gasteiger partial charge in [-0.05, 0) is 36.8 Å². The van der Waals surface area contributed by atoms with Gasteiger partial charge in [0.1, 0.15) is 17.5 Å². The van der Waals surface area contributed by atoms with Gasteiger partial charge in [-0.2, -0.15) is 0 Å². The molecule has 1 atom stereocenters. The van der Waals surface area contributed by atoms with Crippen LogP contribution >= 0.6 is 0 Å². The average molecular weight is 340 g/mol. The fourth-order valence-electron chi connectivity index (χ4n) is 2.89. The molecule has 1 aliphatic rings. The molecule has 6 heteroatoms. The van der Waals surface area contributed by atoms with Gasteiger partial charge in [-0.15, -0.1) is 0 Å². The molecular weight excluding hydrogens is 320 g/mol. The molecule has 0 spiro atoms. The van der Waals surface area contributed by atoms with Gasteiger partial charge in [0.25, 0.3) is 5.91 Å². The highest BCUT2D eigenvalue weighted by Crippen LogP contribution is 2.32. The minimum atomic E-state index is -0.629. The highest BCUT2D eigenvalue weighted by atomic mass is 16.5. The van der Waals surface area contributed by atoms with Crippen LogP contribution in [0.15, 0.2) is 42.5 Å². The quantitative estimate of drug-likeness (QED) is 0.848. The zero-order valence-corrected chi connectivity index (χ0v) is 14.4. The Morgan fingerprint density at radius 2 is 1.88 bits per heavy atom. The van der Waals surface area contributed by atoms with E-state index < -0.39 is 6.04 Å². The number of benzene rings is 2. The van der Waals surface area contributed by atoms with Crippen LogP contribution in [0.1, 0.15) is 12.0 Å². The first kappa shape index (κ1) is 16.8. The number of carbonyl (C=O) groups excluding carboxylic acids is 2. The van der Waals surface area contributed by atoms with Crippen molar-refractivity contribution in [3.8, 4) is 11.5 Å². The van der Waals surface area contributed by atoms with Crippen LogP contribution < -0.4 is 19.7 Å². The van der Waals surface area contributed by atoms with E-state index in [1.165, 1.54) is 4.90 Å². The minimum Gasteiger partial charge on any atom is -0.497 e. The summed E-state index contributed by atoms with van der Waals surface area (Å²) >= 11 is 0. The fraction of sp³-hybridized carbons (Fsp3) is 0.263. The molecule has 6 nitrogen and oxygen atoms in total. The third-order valence-electron chi connectivity index (χ3n) is 4.14. The van der Waals surface area contributed by atoms with Gasteiger partial charge in [-0.3, -0.25) is 9.59 Å². The van der Waals surface area contributed by atoms with E-state index in [0.29, 0.717) is 22.9 Å². The van der Waals surface area contributed by atoms with Crippen LogP contribution in [0, 0.1) is 6.92 Å². The predicted octanol–water partition coefficient (Wildman–Crippen LogP) is 2.76. The van der Waals surface area contributed by atoms with Crippen LogP contribution in [0.2, 0.25) is 0 Å². The molecule has 1 saturated heterocycles. The summed E-state index contributed by atoms with van der Waals surface area (Å²) in [6.45, 7) is 1.92. The van der Waals surface area contributed by atoms with Gasteiger partial charge in [0.15, 0.2) is 0 Å². The summed E-state index contributed by atoms with van der Waals surface area (Å²) in [5.74, 6) is 0.709. The summed E-state index contributed by atoms with van der Waals surface area (Å²) in [6.07, 6.45) is 0.0992. The van der Waals surface area contributed by atoms with Gasteiger partial charge in [-0.1, -0.05) is 12.1 Å². The highest BCUT2D eigenvalue weighted by molar-refractivity contribution is 6.23. The van der Waals surface area contributed by atoms with Crippen molar-refractivity contribution in [3.05, 3.63) is 48.0 Å². The van der Waals surface area contributed by atoms with Crippen LogP contribution in [-0.4, -0.2) is 32.1 Å². The van der Waals surface area contributed by atoms with Crippen molar-refractivity contribution in [2.24, 2.45) is 0 Å². The lowest BCUT2D eigenvalue weighted by molar-refractivity contribution is -0.121. The minimum absolute atomic E-state index is 0.0992. The summed E-state index contributed by atoms with van der Waals surface area (Å²) in [6, 6.07) is 12.0. The van der Waals surface area contributed by atoms with Crippen molar-refractivity contribution in [1.82, 2.24) is 0 Å². The Labute approximate surface area is 146 Å². The van der Waals surface area contributed by atoms with E-state index in [2.05, 4.69) is 5.32 Å². The maximum absolute atomic E-state index is 12.7.